The molecule has 0 saturated heterocycles. The number of hydrogen-bond donors (Lipinski definition) is 0. The minimum atomic E-state index is 0.748. The SMILES string of the molecule is CCCCCCCCCCCCCCN(CCCCCC=O)CCCCCCCC(CCCCCCCC)CCCCCCCC. The van der Waals surface area contributed by atoms with Crippen molar-refractivity contribution in [2.45, 2.75) is 252 Å². The van der Waals surface area contributed by atoms with E-state index in [-0.39, 0.29) is 0 Å². The molecule has 0 saturated carbocycles. The number of nitrogens with zero attached hydrogens (tertiary/aromatic N) is 1. The Labute approximate surface area is 292 Å². The van der Waals surface area contributed by atoms with Crippen LogP contribution in [0.5, 0.6) is 0 Å². The lowest BCUT2D eigenvalue weighted by Crippen LogP contribution is -2.27. The molecule has 0 heterocycles. The van der Waals surface area contributed by atoms with Crippen molar-refractivity contribution in [1.82, 2.24) is 4.90 Å². The Morgan fingerprint density at radius 1 is 0.348 bits per heavy atom. The average molecular weight is 648 g/mol. The third kappa shape index (κ3) is 36.5. The van der Waals surface area contributed by atoms with Gasteiger partial charge in [-0.1, -0.05) is 220 Å². The zero-order chi connectivity index (χ0) is 33.4. The summed E-state index contributed by atoms with van der Waals surface area (Å²) in [6, 6.07) is 0. The molecule has 0 aromatic heterocycles. The smallest absolute Gasteiger partial charge is 0.119 e. The summed E-state index contributed by atoms with van der Waals surface area (Å²) in [7, 11) is 0. The third-order valence-electron chi connectivity index (χ3n) is 10.6. The van der Waals surface area contributed by atoms with Gasteiger partial charge in [0.1, 0.15) is 6.29 Å². The van der Waals surface area contributed by atoms with E-state index in [1.54, 1.807) is 0 Å². The van der Waals surface area contributed by atoms with Crippen LogP contribution in [0.1, 0.15) is 252 Å². The lowest BCUT2D eigenvalue weighted by Gasteiger charge is -2.22. The Bertz CT molecular complexity index is 532. The van der Waals surface area contributed by atoms with Crippen molar-refractivity contribution in [2.24, 2.45) is 5.92 Å². The lowest BCUT2D eigenvalue weighted by atomic mass is 9.89. The predicted octanol–water partition coefficient (Wildman–Crippen LogP) is 15.2. The number of carbonyl (C=O) groups is 1. The topological polar surface area (TPSA) is 20.3 Å². The molecule has 0 radical (unpaired) electrons. The van der Waals surface area contributed by atoms with Gasteiger partial charge in [-0.05, 0) is 51.2 Å². The third-order valence-corrected chi connectivity index (χ3v) is 10.6. The van der Waals surface area contributed by atoms with Crippen molar-refractivity contribution < 1.29 is 4.79 Å². The van der Waals surface area contributed by atoms with Crippen LogP contribution in [0.4, 0.5) is 0 Å². The molecule has 0 atom stereocenters. The van der Waals surface area contributed by atoms with Gasteiger partial charge in [-0.3, -0.25) is 0 Å². The van der Waals surface area contributed by atoms with Gasteiger partial charge in [0.2, 0.25) is 0 Å². The standard InChI is InChI=1S/C44H89NO/c1-4-7-10-13-16-17-18-19-20-21-26-33-40-45(42-35-28-29-36-43-46)41-34-27-22-25-32-39-44(37-30-23-14-11-8-5-2)38-31-24-15-12-9-6-3/h43-44H,4-42H2,1-3H3. The van der Waals surface area contributed by atoms with E-state index in [2.05, 4.69) is 25.7 Å². The van der Waals surface area contributed by atoms with Crippen molar-refractivity contribution in [2.75, 3.05) is 19.6 Å². The maximum Gasteiger partial charge on any atom is 0.119 e. The fourth-order valence-electron chi connectivity index (χ4n) is 7.41. The first-order valence-electron chi connectivity index (χ1n) is 21.9. The molecular weight excluding hydrogens is 558 g/mol. The predicted molar refractivity (Wildman–Crippen MR) is 209 cm³/mol. The van der Waals surface area contributed by atoms with Gasteiger partial charge in [0.25, 0.3) is 0 Å². The van der Waals surface area contributed by atoms with Gasteiger partial charge >= 0.3 is 0 Å². The summed E-state index contributed by atoms with van der Waals surface area (Å²) in [5.41, 5.74) is 0. The molecule has 0 aromatic carbocycles. The van der Waals surface area contributed by atoms with Crippen molar-refractivity contribution in [1.29, 1.82) is 0 Å². The number of aldehydes is 1. The quantitative estimate of drug-likeness (QED) is 0.0486. The van der Waals surface area contributed by atoms with Gasteiger partial charge in [-0.15, -0.1) is 0 Å². The molecule has 0 aromatic rings. The molecule has 0 amide bonds. The van der Waals surface area contributed by atoms with Crippen LogP contribution < -0.4 is 0 Å². The maximum absolute atomic E-state index is 10.7. The summed E-state index contributed by atoms with van der Waals surface area (Å²) in [4.78, 5) is 13.5. The van der Waals surface area contributed by atoms with E-state index < -0.39 is 0 Å². The zero-order valence-corrected chi connectivity index (χ0v) is 32.6. The molecule has 0 fully saturated rings. The fraction of sp³-hybridized carbons (Fsp3) is 0.977. The van der Waals surface area contributed by atoms with Crippen LogP contribution in [-0.4, -0.2) is 30.8 Å². The fourth-order valence-corrected chi connectivity index (χ4v) is 7.41. The summed E-state index contributed by atoms with van der Waals surface area (Å²) in [6.07, 6.45) is 51.6. The van der Waals surface area contributed by atoms with E-state index in [0.29, 0.717) is 0 Å². The molecule has 0 spiro atoms. The van der Waals surface area contributed by atoms with Gasteiger partial charge in [0.05, 0.1) is 0 Å². The average Bonchev–Trinajstić information content (AvgIpc) is 3.06. The Morgan fingerprint density at radius 2 is 0.609 bits per heavy atom. The second-order valence-corrected chi connectivity index (χ2v) is 15.3. The molecule has 46 heavy (non-hydrogen) atoms. The Balaban J connectivity index is 4.16. The molecule has 276 valence electrons. The highest BCUT2D eigenvalue weighted by Gasteiger charge is 2.09. The molecule has 0 aliphatic carbocycles. The molecular formula is C44H89NO. The van der Waals surface area contributed by atoms with Crippen molar-refractivity contribution in [3.63, 3.8) is 0 Å². The van der Waals surface area contributed by atoms with Crippen molar-refractivity contribution >= 4 is 6.29 Å². The minimum Gasteiger partial charge on any atom is -0.303 e. The first-order chi connectivity index (χ1) is 22.8. The van der Waals surface area contributed by atoms with Gasteiger partial charge in [-0.25, -0.2) is 0 Å². The summed E-state index contributed by atoms with van der Waals surface area (Å²) >= 11 is 0. The van der Waals surface area contributed by atoms with Crippen LogP contribution in [-0.2, 0) is 4.79 Å². The molecule has 2 heteroatoms. The van der Waals surface area contributed by atoms with Gasteiger partial charge < -0.3 is 9.69 Å². The summed E-state index contributed by atoms with van der Waals surface area (Å²) in [6.45, 7) is 10.8. The monoisotopic (exact) mass is 648 g/mol. The first-order valence-corrected chi connectivity index (χ1v) is 21.9. The normalized spacial score (nSPS) is 11.8. The van der Waals surface area contributed by atoms with Crippen LogP contribution in [0.2, 0.25) is 0 Å². The van der Waals surface area contributed by atoms with Crippen LogP contribution in [0.3, 0.4) is 0 Å². The van der Waals surface area contributed by atoms with Crippen molar-refractivity contribution in [3.05, 3.63) is 0 Å². The van der Waals surface area contributed by atoms with E-state index in [0.717, 1.165) is 25.0 Å². The largest absolute Gasteiger partial charge is 0.303 e. The Kier molecular flexibility index (Phi) is 40.5. The highest BCUT2D eigenvalue weighted by Crippen LogP contribution is 2.25. The van der Waals surface area contributed by atoms with E-state index in [9.17, 15) is 4.79 Å². The summed E-state index contributed by atoms with van der Waals surface area (Å²) < 4.78 is 0. The number of unbranched alkanes of at least 4 members (excludes halogenated alkanes) is 28. The van der Waals surface area contributed by atoms with Crippen LogP contribution in [0, 0.1) is 5.92 Å². The number of carbonyl (C=O) groups excluding carboxylic acids is 1. The Morgan fingerprint density at radius 3 is 0.913 bits per heavy atom. The molecule has 0 rings (SSSR count). The first kappa shape index (κ1) is 45.6. The molecule has 0 aliphatic rings. The summed E-state index contributed by atoms with van der Waals surface area (Å²) in [5.74, 6) is 1.00. The molecule has 0 aliphatic heterocycles. The van der Waals surface area contributed by atoms with Gasteiger partial charge in [0, 0.05) is 6.42 Å². The highest BCUT2D eigenvalue weighted by atomic mass is 16.1. The number of hydrogen-bond acceptors (Lipinski definition) is 2. The van der Waals surface area contributed by atoms with Crippen molar-refractivity contribution in [3.8, 4) is 0 Å². The lowest BCUT2D eigenvalue weighted by molar-refractivity contribution is -0.107. The van der Waals surface area contributed by atoms with Crippen LogP contribution in [0.15, 0.2) is 0 Å². The molecule has 2 nitrogen and oxygen atoms in total. The molecule has 0 N–H and O–H groups in total. The second-order valence-electron chi connectivity index (χ2n) is 15.3. The van der Waals surface area contributed by atoms with E-state index >= 15 is 0 Å². The van der Waals surface area contributed by atoms with Crippen LogP contribution >= 0.6 is 0 Å². The minimum absolute atomic E-state index is 0.748. The summed E-state index contributed by atoms with van der Waals surface area (Å²) in [5, 5.41) is 0. The second kappa shape index (κ2) is 40.8. The highest BCUT2D eigenvalue weighted by molar-refractivity contribution is 5.48. The van der Waals surface area contributed by atoms with E-state index in [4.69, 9.17) is 0 Å². The Hall–Kier alpha value is -0.370. The van der Waals surface area contributed by atoms with Gasteiger partial charge in [-0.2, -0.15) is 0 Å². The van der Waals surface area contributed by atoms with Crippen LogP contribution in [0.25, 0.3) is 0 Å². The van der Waals surface area contributed by atoms with Gasteiger partial charge in [0.15, 0.2) is 0 Å². The van der Waals surface area contributed by atoms with E-state index in [1.807, 2.05) is 0 Å². The van der Waals surface area contributed by atoms with E-state index in [1.165, 1.54) is 238 Å². The molecule has 0 unspecified atom stereocenters. The molecule has 0 bridgehead atoms. The number of rotatable bonds is 41. The maximum atomic E-state index is 10.7. The zero-order valence-electron chi connectivity index (χ0n) is 32.6.